The maximum Gasteiger partial charge on any atom is 0.144 e. The summed E-state index contributed by atoms with van der Waals surface area (Å²) in [7, 11) is 0. The number of aromatic nitrogens is 3. The smallest absolute Gasteiger partial charge is 0.144 e. The fourth-order valence-electron chi connectivity index (χ4n) is 4.47. The van der Waals surface area contributed by atoms with Crippen molar-refractivity contribution in [3.63, 3.8) is 0 Å². The SMILES string of the molecule is CC1(C)c2ccccc2N(c2ccc(-c3nc4cccnc4s3)nc2)c2ccccc21. The number of nitrogens with zero attached hydrogens (tertiary/aromatic N) is 4. The van der Waals surface area contributed by atoms with Crippen molar-refractivity contribution in [2.45, 2.75) is 19.3 Å². The first kappa shape index (κ1) is 18.2. The number of benzene rings is 2. The Hall–Kier alpha value is -3.57. The van der Waals surface area contributed by atoms with E-state index in [-0.39, 0.29) is 5.41 Å². The van der Waals surface area contributed by atoms with Crippen molar-refractivity contribution in [3.05, 3.63) is 96.3 Å². The second-order valence-corrected chi connectivity index (χ2v) is 9.22. The van der Waals surface area contributed by atoms with Gasteiger partial charge in [0.05, 0.1) is 29.0 Å². The van der Waals surface area contributed by atoms with Crippen LogP contribution >= 0.6 is 11.3 Å². The van der Waals surface area contributed by atoms with Gasteiger partial charge in [-0.3, -0.25) is 4.98 Å². The normalized spacial score (nSPS) is 14.3. The summed E-state index contributed by atoms with van der Waals surface area (Å²) >= 11 is 1.57. The van der Waals surface area contributed by atoms with Crippen molar-refractivity contribution in [1.82, 2.24) is 15.0 Å². The van der Waals surface area contributed by atoms with Gasteiger partial charge < -0.3 is 4.90 Å². The quantitative estimate of drug-likeness (QED) is 0.313. The predicted octanol–water partition coefficient (Wildman–Crippen LogP) is 6.86. The third-order valence-electron chi connectivity index (χ3n) is 6.03. The molecule has 0 unspecified atom stereocenters. The Kier molecular flexibility index (Phi) is 3.95. The van der Waals surface area contributed by atoms with Crippen LogP contribution < -0.4 is 4.90 Å². The van der Waals surface area contributed by atoms with Crippen molar-refractivity contribution in [2.24, 2.45) is 0 Å². The van der Waals surface area contributed by atoms with E-state index in [0.717, 1.165) is 26.7 Å². The van der Waals surface area contributed by atoms with E-state index < -0.39 is 0 Å². The molecule has 0 bridgehead atoms. The second-order valence-electron chi connectivity index (χ2n) is 8.24. The molecule has 0 saturated heterocycles. The minimum atomic E-state index is -0.0644. The average Bonchev–Trinajstić information content (AvgIpc) is 3.24. The highest BCUT2D eigenvalue weighted by Gasteiger charge is 2.36. The molecular formula is C26H20N4S. The van der Waals surface area contributed by atoms with Crippen LogP contribution in [0, 0.1) is 0 Å². The minimum Gasteiger partial charge on any atom is -0.308 e. The van der Waals surface area contributed by atoms with Gasteiger partial charge >= 0.3 is 0 Å². The van der Waals surface area contributed by atoms with Crippen molar-refractivity contribution in [2.75, 3.05) is 4.90 Å². The number of para-hydroxylation sites is 2. The van der Waals surface area contributed by atoms with Crippen LogP contribution in [0.5, 0.6) is 0 Å². The molecule has 31 heavy (non-hydrogen) atoms. The van der Waals surface area contributed by atoms with Crippen LogP contribution in [-0.4, -0.2) is 15.0 Å². The molecule has 5 aromatic rings. The molecule has 0 aliphatic carbocycles. The molecule has 0 fully saturated rings. The summed E-state index contributed by atoms with van der Waals surface area (Å²) in [5.41, 5.74) is 7.78. The molecule has 0 atom stereocenters. The second kappa shape index (κ2) is 6.72. The molecular weight excluding hydrogens is 400 g/mol. The number of thiazole rings is 1. The van der Waals surface area contributed by atoms with Crippen LogP contribution in [0.3, 0.4) is 0 Å². The highest BCUT2D eigenvalue weighted by Crippen LogP contribution is 2.51. The molecule has 4 nitrogen and oxygen atoms in total. The molecule has 4 heterocycles. The van der Waals surface area contributed by atoms with Gasteiger partial charge in [-0.05, 0) is 47.5 Å². The van der Waals surface area contributed by atoms with Gasteiger partial charge in [-0.25, -0.2) is 9.97 Å². The van der Waals surface area contributed by atoms with Crippen LogP contribution in [0.4, 0.5) is 17.1 Å². The first-order chi connectivity index (χ1) is 15.1. The zero-order valence-corrected chi connectivity index (χ0v) is 18.1. The highest BCUT2D eigenvalue weighted by atomic mass is 32.1. The van der Waals surface area contributed by atoms with Gasteiger partial charge in [0.15, 0.2) is 0 Å². The van der Waals surface area contributed by atoms with Crippen molar-refractivity contribution in [3.8, 4) is 10.7 Å². The summed E-state index contributed by atoms with van der Waals surface area (Å²) < 4.78 is 0. The first-order valence-corrected chi connectivity index (χ1v) is 11.1. The standard InChI is InChI=1S/C26H20N4S/c1-26(2)18-8-3-5-11-22(18)30(23-12-6-4-9-19(23)26)17-13-14-20(28-16-17)25-29-21-10-7-15-27-24(21)31-25/h3-16H,1-2H3. The average molecular weight is 421 g/mol. The number of fused-ring (bicyclic) bond motifs is 3. The molecule has 1 aliphatic rings. The molecule has 6 rings (SSSR count). The zero-order valence-electron chi connectivity index (χ0n) is 17.3. The summed E-state index contributed by atoms with van der Waals surface area (Å²) in [6.07, 6.45) is 3.74. The lowest BCUT2D eigenvalue weighted by Gasteiger charge is -2.41. The van der Waals surface area contributed by atoms with E-state index in [9.17, 15) is 0 Å². The first-order valence-electron chi connectivity index (χ1n) is 10.3. The van der Waals surface area contributed by atoms with Gasteiger partial charge in [0.25, 0.3) is 0 Å². The Morgan fingerprint density at radius 2 is 1.48 bits per heavy atom. The summed E-state index contributed by atoms with van der Waals surface area (Å²) in [5, 5.41) is 0.890. The number of hydrogen-bond donors (Lipinski definition) is 0. The molecule has 0 spiro atoms. The Balaban J connectivity index is 1.47. The molecule has 0 radical (unpaired) electrons. The van der Waals surface area contributed by atoms with Gasteiger partial charge in [0.1, 0.15) is 15.4 Å². The third kappa shape index (κ3) is 2.77. The van der Waals surface area contributed by atoms with Gasteiger partial charge in [0, 0.05) is 11.6 Å². The fraction of sp³-hybridized carbons (Fsp3) is 0.115. The van der Waals surface area contributed by atoms with Gasteiger partial charge in [0.2, 0.25) is 0 Å². The number of hydrogen-bond acceptors (Lipinski definition) is 5. The lowest BCUT2D eigenvalue weighted by Crippen LogP contribution is -2.30. The number of anilines is 3. The van der Waals surface area contributed by atoms with E-state index in [1.807, 2.05) is 18.3 Å². The lowest BCUT2D eigenvalue weighted by molar-refractivity contribution is 0.632. The molecule has 150 valence electrons. The number of rotatable bonds is 2. The largest absolute Gasteiger partial charge is 0.308 e. The lowest BCUT2D eigenvalue weighted by atomic mass is 9.73. The van der Waals surface area contributed by atoms with Crippen LogP contribution in [-0.2, 0) is 5.41 Å². The predicted molar refractivity (Wildman–Crippen MR) is 127 cm³/mol. The van der Waals surface area contributed by atoms with Gasteiger partial charge in [-0.1, -0.05) is 61.6 Å². The Morgan fingerprint density at radius 3 is 2.13 bits per heavy atom. The minimum absolute atomic E-state index is 0.0644. The Morgan fingerprint density at radius 1 is 0.774 bits per heavy atom. The van der Waals surface area contributed by atoms with Crippen LogP contribution in [0.1, 0.15) is 25.0 Å². The van der Waals surface area contributed by atoms with Crippen molar-refractivity contribution >= 4 is 38.7 Å². The van der Waals surface area contributed by atoms with E-state index in [2.05, 4.69) is 84.4 Å². The summed E-state index contributed by atoms with van der Waals surface area (Å²) in [4.78, 5) is 17.1. The fourth-order valence-corrected chi connectivity index (χ4v) is 5.36. The maximum absolute atomic E-state index is 4.78. The topological polar surface area (TPSA) is 41.9 Å². The van der Waals surface area contributed by atoms with E-state index in [1.54, 1.807) is 17.5 Å². The summed E-state index contributed by atoms with van der Waals surface area (Å²) in [6, 6.07) is 25.4. The van der Waals surface area contributed by atoms with E-state index in [1.165, 1.54) is 22.5 Å². The van der Waals surface area contributed by atoms with Crippen LogP contribution in [0.2, 0.25) is 0 Å². The molecule has 2 aromatic carbocycles. The van der Waals surface area contributed by atoms with E-state index >= 15 is 0 Å². The van der Waals surface area contributed by atoms with Crippen LogP contribution in [0.15, 0.2) is 85.2 Å². The van der Waals surface area contributed by atoms with Gasteiger partial charge in [-0.2, -0.15) is 0 Å². The molecule has 3 aromatic heterocycles. The maximum atomic E-state index is 4.78. The third-order valence-corrected chi connectivity index (χ3v) is 7.03. The Bertz CT molecular complexity index is 1340. The van der Waals surface area contributed by atoms with E-state index in [0.29, 0.717) is 0 Å². The van der Waals surface area contributed by atoms with Crippen molar-refractivity contribution in [1.29, 1.82) is 0 Å². The summed E-state index contributed by atoms with van der Waals surface area (Å²) in [6.45, 7) is 4.59. The zero-order chi connectivity index (χ0) is 21.0. The number of pyridine rings is 2. The monoisotopic (exact) mass is 420 g/mol. The van der Waals surface area contributed by atoms with E-state index in [4.69, 9.17) is 9.97 Å². The molecule has 5 heteroatoms. The molecule has 0 saturated carbocycles. The van der Waals surface area contributed by atoms with Gasteiger partial charge in [-0.15, -0.1) is 0 Å². The molecule has 1 aliphatic heterocycles. The summed E-state index contributed by atoms with van der Waals surface area (Å²) in [5.74, 6) is 0. The highest BCUT2D eigenvalue weighted by molar-refractivity contribution is 7.21. The van der Waals surface area contributed by atoms with Crippen LogP contribution in [0.25, 0.3) is 21.0 Å². The Labute approximate surface area is 184 Å². The van der Waals surface area contributed by atoms with Crippen molar-refractivity contribution < 1.29 is 0 Å². The molecule has 0 amide bonds. The molecule has 0 N–H and O–H groups in total.